The third-order valence-corrected chi connectivity index (χ3v) is 3.47. The number of nitrogens with two attached hydrogens (primary N) is 1. The maximum atomic E-state index is 11.9. The van der Waals surface area contributed by atoms with Gasteiger partial charge in [0.05, 0.1) is 19.2 Å². The molecule has 2 heterocycles. The molecule has 0 bridgehead atoms. The minimum atomic E-state index is -0.457. The number of nitrogens with one attached hydrogen (secondary N) is 2. The molecule has 4 N–H and O–H groups in total. The Morgan fingerprint density at radius 3 is 2.84 bits per heavy atom. The molecule has 0 aromatic carbocycles. The molecule has 7 heteroatoms. The average molecular weight is 267 g/mol. The van der Waals surface area contributed by atoms with Crippen LogP contribution in [0.1, 0.15) is 36.7 Å². The molecular formula is C12H21N5O2. The number of carbonyl (C=O) groups is 1. The lowest BCUT2D eigenvalue weighted by Gasteiger charge is -2.28. The number of esters is 1. The smallest absolute Gasteiger partial charge is 0.345 e. The van der Waals surface area contributed by atoms with Gasteiger partial charge in [0, 0.05) is 13.1 Å². The summed E-state index contributed by atoms with van der Waals surface area (Å²) in [7, 11) is 1.34. The second-order valence-corrected chi connectivity index (χ2v) is 4.80. The molecular weight excluding hydrogens is 246 g/mol. The van der Waals surface area contributed by atoms with Gasteiger partial charge in [0.15, 0.2) is 5.82 Å². The van der Waals surface area contributed by atoms with E-state index >= 15 is 0 Å². The van der Waals surface area contributed by atoms with Crippen LogP contribution in [0.25, 0.3) is 0 Å². The normalized spacial score (nSPS) is 16.8. The van der Waals surface area contributed by atoms with E-state index in [2.05, 4.69) is 15.7 Å². The zero-order valence-corrected chi connectivity index (χ0v) is 11.6. The summed E-state index contributed by atoms with van der Waals surface area (Å²) < 4.78 is 6.47. The predicted octanol–water partition coefficient (Wildman–Crippen LogP) is 0.607. The van der Waals surface area contributed by atoms with E-state index in [-0.39, 0.29) is 12.1 Å². The van der Waals surface area contributed by atoms with Gasteiger partial charge >= 0.3 is 5.97 Å². The van der Waals surface area contributed by atoms with Gasteiger partial charge in [-0.15, -0.1) is 0 Å². The van der Waals surface area contributed by atoms with Gasteiger partial charge in [0.25, 0.3) is 0 Å². The number of hydrogen-bond acceptors (Lipinski definition) is 6. The Bertz CT molecular complexity index is 467. The molecule has 106 valence electrons. The fourth-order valence-electron chi connectivity index (χ4n) is 1.94. The van der Waals surface area contributed by atoms with Crippen molar-refractivity contribution in [2.45, 2.75) is 32.4 Å². The molecule has 0 saturated carbocycles. The highest BCUT2D eigenvalue weighted by Crippen LogP contribution is 2.27. The van der Waals surface area contributed by atoms with Crippen LogP contribution in [-0.2, 0) is 4.74 Å². The molecule has 0 radical (unpaired) electrons. The molecule has 1 aromatic heterocycles. The lowest BCUT2D eigenvalue weighted by Crippen LogP contribution is -2.51. The minimum absolute atomic E-state index is 0.137. The van der Waals surface area contributed by atoms with Crippen LogP contribution in [0.4, 0.5) is 11.6 Å². The predicted molar refractivity (Wildman–Crippen MR) is 73.3 cm³/mol. The minimum Gasteiger partial charge on any atom is -0.465 e. The van der Waals surface area contributed by atoms with Crippen LogP contribution in [0.5, 0.6) is 0 Å². The van der Waals surface area contributed by atoms with Gasteiger partial charge in [-0.05, 0) is 13.3 Å². The monoisotopic (exact) mass is 267 g/mol. The van der Waals surface area contributed by atoms with E-state index in [0.29, 0.717) is 17.2 Å². The second kappa shape index (κ2) is 5.48. The molecule has 1 aliphatic rings. The Morgan fingerprint density at radius 2 is 2.37 bits per heavy atom. The fourth-order valence-corrected chi connectivity index (χ4v) is 1.94. The van der Waals surface area contributed by atoms with E-state index in [9.17, 15) is 4.79 Å². The van der Waals surface area contributed by atoms with Gasteiger partial charge in [0.1, 0.15) is 11.4 Å². The molecule has 0 amide bonds. The van der Waals surface area contributed by atoms with Crippen molar-refractivity contribution in [1.29, 1.82) is 0 Å². The summed E-state index contributed by atoms with van der Waals surface area (Å²) in [6.45, 7) is 5.78. The zero-order chi connectivity index (χ0) is 14.0. The number of nitrogens with zero attached hydrogens (tertiary/aromatic N) is 2. The molecule has 7 nitrogen and oxygen atoms in total. The first-order valence-electron chi connectivity index (χ1n) is 6.52. The van der Waals surface area contributed by atoms with E-state index < -0.39 is 5.97 Å². The van der Waals surface area contributed by atoms with E-state index in [4.69, 9.17) is 10.5 Å². The molecule has 1 atom stereocenters. The van der Waals surface area contributed by atoms with Crippen molar-refractivity contribution >= 4 is 17.6 Å². The van der Waals surface area contributed by atoms with Gasteiger partial charge in [0.2, 0.25) is 0 Å². The molecule has 2 rings (SSSR count). The van der Waals surface area contributed by atoms with Gasteiger partial charge in [-0.3, -0.25) is 0 Å². The zero-order valence-electron chi connectivity index (χ0n) is 11.6. The SMILES string of the molecule is CCC(C)n1nc(NC2CNC2)c(C(=O)OC)c1N. The lowest BCUT2D eigenvalue weighted by molar-refractivity contribution is 0.0603. The topological polar surface area (TPSA) is 94.2 Å². The van der Waals surface area contributed by atoms with Gasteiger partial charge in [-0.1, -0.05) is 6.92 Å². The quantitative estimate of drug-likeness (QED) is 0.677. The molecule has 1 aromatic rings. The third-order valence-electron chi connectivity index (χ3n) is 3.47. The Balaban J connectivity index is 2.35. The highest BCUT2D eigenvalue weighted by molar-refractivity contribution is 5.99. The summed E-state index contributed by atoms with van der Waals surface area (Å²) in [5.74, 6) is 0.411. The largest absolute Gasteiger partial charge is 0.465 e. The number of rotatable bonds is 5. The van der Waals surface area contributed by atoms with Crippen LogP contribution >= 0.6 is 0 Å². The highest BCUT2D eigenvalue weighted by atomic mass is 16.5. The Hall–Kier alpha value is -1.76. The molecule has 1 fully saturated rings. The number of methoxy groups -OCH3 is 1. The molecule has 0 spiro atoms. The van der Waals surface area contributed by atoms with Crippen LogP contribution in [0.15, 0.2) is 0 Å². The summed E-state index contributed by atoms with van der Waals surface area (Å²) >= 11 is 0. The van der Waals surface area contributed by atoms with Crippen molar-refractivity contribution < 1.29 is 9.53 Å². The Morgan fingerprint density at radius 1 is 1.68 bits per heavy atom. The lowest BCUT2D eigenvalue weighted by atomic mass is 10.1. The number of nitrogen functional groups attached to an aromatic ring is 1. The van der Waals surface area contributed by atoms with Gasteiger partial charge in [-0.2, -0.15) is 5.10 Å². The van der Waals surface area contributed by atoms with Gasteiger partial charge in [-0.25, -0.2) is 9.48 Å². The first-order chi connectivity index (χ1) is 9.08. The van der Waals surface area contributed by atoms with Crippen molar-refractivity contribution in [2.24, 2.45) is 0 Å². The van der Waals surface area contributed by atoms with Crippen molar-refractivity contribution in [2.75, 3.05) is 31.2 Å². The maximum absolute atomic E-state index is 11.9. The Labute approximate surface area is 112 Å². The molecule has 0 aliphatic carbocycles. The van der Waals surface area contributed by atoms with Crippen molar-refractivity contribution in [3.05, 3.63) is 5.56 Å². The standard InChI is InChI=1S/C12H21N5O2/c1-4-7(2)17-10(13)9(12(18)19-3)11(16-17)15-8-5-14-6-8/h7-8,14H,4-6,13H2,1-3H3,(H,15,16). The first kappa shape index (κ1) is 13.7. The average Bonchev–Trinajstić information content (AvgIpc) is 2.69. The van der Waals surface area contributed by atoms with Crippen LogP contribution in [0, 0.1) is 0 Å². The summed E-state index contributed by atoms with van der Waals surface area (Å²) in [6.07, 6.45) is 0.886. The van der Waals surface area contributed by atoms with Crippen LogP contribution in [0.2, 0.25) is 0 Å². The van der Waals surface area contributed by atoms with Crippen molar-refractivity contribution in [3.8, 4) is 0 Å². The Kier molecular flexibility index (Phi) is 3.94. The van der Waals surface area contributed by atoms with Crippen molar-refractivity contribution in [3.63, 3.8) is 0 Å². The molecule has 19 heavy (non-hydrogen) atoms. The number of ether oxygens (including phenoxy) is 1. The fraction of sp³-hybridized carbons (Fsp3) is 0.667. The molecule has 1 unspecified atom stereocenters. The number of hydrogen-bond donors (Lipinski definition) is 3. The number of anilines is 2. The van der Waals surface area contributed by atoms with Crippen molar-refractivity contribution in [1.82, 2.24) is 15.1 Å². The summed E-state index contributed by atoms with van der Waals surface area (Å²) in [5, 5.41) is 10.8. The maximum Gasteiger partial charge on any atom is 0.345 e. The summed E-state index contributed by atoms with van der Waals surface area (Å²) in [6, 6.07) is 0.418. The van der Waals surface area contributed by atoms with E-state index in [1.165, 1.54) is 7.11 Å². The molecule has 1 aliphatic heterocycles. The second-order valence-electron chi connectivity index (χ2n) is 4.80. The van der Waals surface area contributed by atoms with Crippen LogP contribution in [0.3, 0.4) is 0 Å². The first-order valence-corrected chi connectivity index (χ1v) is 6.52. The van der Waals surface area contributed by atoms with Crippen LogP contribution < -0.4 is 16.4 Å². The van der Waals surface area contributed by atoms with Gasteiger partial charge < -0.3 is 21.1 Å². The number of carbonyl (C=O) groups excluding carboxylic acids is 1. The summed E-state index contributed by atoms with van der Waals surface area (Å²) in [4.78, 5) is 11.9. The number of aromatic nitrogens is 2. The molecule has 1 saturated heterocycles. The summed E-state index contributed by atoms with van der Waals surface area (Å²) in [5.41, 5.74) is 6.36. The van der Waals surface area contributed by atoms with E-state index in [1.54, 1.807) is 4.68 Å². The van der Waals surface area contributed by atoms with E-state index in [1.807, 2.05) is 13.8 Å². The van der Waals surface area contributed by atoms with E-state index in [0.717, 1.165) is 19.5 Å². The third kappa shape index (κ3) is 2.51. The highest BCUT2D eigenvalue weighted by Gasteiger charge is 2.27. The van der Waals surface area contributed by atoms with Crippen LogP contribution in [-0.4, -0.2) is 42.0 Å².